The minimum atomic E-state index is 0.614. The van der Waals surface area contributed by atoms with Crippen LogP contribution in [0.25, 0.3) is 0 Å². The second kappa shape index (κ2) is 5.58. The molecule has 0 unspecified atom stereocenters. The van der Waals surface area contributed by atoms with Crippen molar-refractivity contribution >= 4 is 0 Å². The van der Waals surface area contributed by atoms with Crippen LogP contribution in [0.2, 0.25) is 0 Å². The summed E-state index contributed by atoms with van der Waals surface area (Å²) in [7, 11) is 2.08. The minimum absolute atomic E-state index is 0.614. The van der Waals surface area contributed by atoms with Crippen LogP contribution in [0.4, 0.5) is 0 Å². The molecule has 0 spiro atoms. The number of rotatable bonds is 5. The van der Waals surface area contributed by atoms with Crippen LogP contribution in [0.1, 0.15) is 11.1 Å². The molecule has 0 aliphatic rings. The number of hydrogen-bond acceptors (Lipinski definition) is 2. The van der Waals surface area contributed by atoms with E-state index in [-0.39, 0.29) is 0 Å². The third kappa shape index (κ3) is 3.32. The van der Waals surface area contributed by atoms with Gasteiger partial charge < -0.3 is 5.73 Å². The molecule has 2 N–H and O–H groups in total. The lowest BCUT2D eigenvalue weighted by molar-refractivity contribution is 0.363. The lowest BCUT2D eigenvalue weighted by atomic mass is 10.1. The maximum atomic E-state index is 5.53. The molecule has 0 aliphatic heterocycles. The van der Waals surface area contributed by atoms with Crippen molar-refractivity contribution in [2.24, 2.45) is 5.73 Å². The molecule has 2 heteroatoms. The van der Waals surface area contributed by atoms with Crippen molar-refractivity contribution in [2.45, 2.75) is 13.1 Å². The topological polar surface area (TPSA) is 29.3 Å². The first-order valence-electron chi connectivity index (χ1n) is 4.83. The molecule has 0 amide bonds. The summed E-state index contributed by atoms with van der Waals surface area (Å²) in [6.45, 7) is 6.20. The molecular formula is C12H18N2. The molecular weight excluding hydrogens is 172 g/mol. The largest absolute Gasteiger partial charge is 0.326 e. The Kier molecular flexibility index (Phi) is 4.36. The summed E-state index contributed by atoms with van der Waals surface area (Å²) in [5.41, 5.74) is 8.02. The van der Waals surface area contributed by atoms with Gasteiger partial charge in [0.05, 0.1) is 0 Å². The minimum Gasteiger partial charge on any atom is -0.326 e. The molecule has 0 radical (unpaired) electrons. The summed E-state index contributed by atoms with van der Waals surface area (Å²) in [5.74, 6) is 0. The molecule has 0 bridgehead atoms. The van der Waals surface area contributed by atoms with Crippen LogP contribution >= 0.6 is 0 Å². The van der Waals surface area contributed by atoms with Crippen LogP contribution in [-0.4, -0.2) is 18.5 Å². The molecule has 0 fully saturated rings. The second-order valence-electron chi connectivity index (χ2n) is 3.51. The Balaban J connectivity index is 2.54. The highest BCUT2D eigenvalue weighted by molar-refractivity contribution is 5.22. The zero-order valence-corrected chi connectivity index (χ0v) is 8.74. The van der Waals surface area contributed by atoms with E-state index >= 15 is 0 Å². The van der Waals surface area contributed by atoms with Gasteiger partial charge in [-0.15, -0.1) is 6.58 Å². The van der Waals surface area contributed by atoms with E-state index in [9.17, 15) is 0 Å². The molecule has 76 valence electrons. The lowest BCUT2D eigenvalue weighted by Crippen LogP contribution is -2.17. The SMILES string of the molecule is C=CCN(C)Cc1ccc(CN)cc1. The highest BCUT2D eigenvalue weighted by Crippen LogP contribution is 2.05. The van der Waals surface area contributed by atoms with Crippen molar-refractivity contribution in [3.05, 3.63) is 48.0 Å². The summed E-state index contributed by atoms with van der Waals surface area (Å²) in [6, 6.07) is 8.41. The van der Waals surface area contributed by atoms with Crippen LogP contribution in [0, 0.1) is 0 Å². The Labute approximate surface area is 86.0 Å². The molecule has 0 aromatic heterocycles. The van der Waals surface area contributed by atoms with Crippen LogP contribution in [0.3, 0.4) is 0 Å². The zero-order valence-electron chi connectivity index (χ0n) is 8.74. The maximum Gasteiger partial charge on any atom is 0.0233 e. The highest BCUT2D eigenvalue weighted by Gasteiger charge is 1.97. The molecule has 0 atom stereocenters. The lowest BCUT2D eigenvalue weighted by Gasteiger charge is -2.14. The fraction of sp³-hybridized carbons (Fsp3) is 0.333. The van der Waals surface area contributed by atoms with Crippen LogP contribution < -0.4 is 5.73 Å². The molecule has 1 aromatic carbocycles. The van der Waals surface area contributed by atoms with Crippen LogP contribution in [-0.2, 0) is 13.1 Å². The predicted molar refractivity (Wildman–Crippen MR) is 60.9 cm³/mol. The number of nitrogens with zero attached hydrogens (tertiary/aromatic N) is 1. The van der Waals surface area contributed by atoms with E-state index in [0.29, 0.717) is 6.54 Å². The molecule has 14 heavy (non-hydrogen) atoms. The predicted octanol–water partition coefficient (Wildman–Crippen LogP) is 1.76. The summed E-state index contributed by atoms with van der Waals surface area (Å²) in [5, 5.41) is 0. The van der Waals surface area contributed by atoms with Gasteiger partial charge in [0.15, 0.2) is 0 Å². The Hall–Kier alpha value is -1.12. The second-order valence-corrected chi connectivity index (χ2v) is 3.51. The van der Waals surface area contributed by atoms with E-state index in [1.807, 2.05) is 6.08 Å². The highest BCUT2D eigenvalue weighted by atomic mass is 15.1. The third-order valence-electron chi connectivity index (χ3n) is 2.15. The number of nitrogens with two attached hydrogens (primary N) is 1. The van der Waals surface area contributed by atoms with Gasteiger partial charge >= 0.3 is 0 Å². The Morgan fingerprint density at radius 2 is 1.86 bits per heavy atom. The van der Waals surface area contributed by atoms with Crippen molar-refractivity contribution < 1.29 is 0 Å². The monoisotopic (exact) mass is 190 g/mol. The molecule has 2 nitrogen and oxygen atoms in total. The number of hydrogen-bond donors (Lipinski definition) is 1. The van der Waals surface area contributed by atoms with E-state index in [4.69, 9.17) is 5.73 Å². The smallest absolute Gasteiger partial charge is 0.0233 e. The fourth-order valence-electron chi connectivity index (χ4n) is 1.38. The van der Waals surface area contributed by atoms with Gasteiger partial charge in [-0.3, -0.25) is 4.90 Å². The summed E-state index contributed by atoms with van der Waals surface area (Å²) >= 11 is 0. The van der Waals surface area contributed by atoms with Crippen molar-refractivity contribution in [3.63, 3.8) is 0 Å². The molecule has 0 saturated carbocycles. The van der Waals surface area contributed by atoms with Crippen LogP contribution in [0.5, 0.6) is 0 Å². The van der Waals surface area contributed by atoms with Gasteiger partial charge in [0.1, 0.15) is 0 Å². The van der Waals surface area contributed by atoms with Gasteiger partial charge in [0, 0.05) is 19.6 Å². The summed E-state index contributed by atoms with van der Waals surface area (Å²) < 4.78 is 0. The van der Waals surface area contributed by atoms with Gasteiger partial charge in [0.25, 0.3) is 0 Å². The third-order valence-corrected chi connectivity index (χ3v) is 2.15. The quantitative estimate of drug-likeness (QED) is 0.717. The number of likely N-dealkylation sites (N-methyl/N-ethyl adjacent to an activating group) is 1. The van der Waals surface area contributed by atoms with Gasteiger partial charge in [-0.25, -0.2) is 0 Å². The Morgan fingerprint density at radius 1 is 1.29 bits per heavy atom. The van der Waals surface area contributed by atoms with Crippen molar-refractivity contribution in [3.8, 4) is 0 Å². The van der Waals surface area contributed by atoms with Crippen molar-refractivity contribution in [1.29, 1.82) is 0 Å². The molecule has 0 aliphatic carbocycles. The first-order chi connectivity index (χ1) is 6.76. The van der Waals surface area contributed by atoms with E-state index in [1.54, 1.807) is 0 Å². The van der Waals surface area contributed by atoms with Crippen molar-refractivity contribution in [2.75, 3.05) is 13.6 Å². The maximum absolute atomic E-state index is 5.53. The number of benzene rings is 1. The average Bonchev–Trinajstić information content (AvgIpc) is 2.19. The van der Waals surface area contributed by atoms with Gasteiger partial charge in [0.2, 0.25) is 0 Å². The van der Waals surface area contributed by atoms with Gasteiger partial charge in [-0.05, 0) is 18.2 Å². The average molecular weight is 190 g/mol. The van der Waals surface area contributed by atoms with E-state index in [1.165, 1.54) is 11.1 Å². The normalized spacial score (nSPS) is 10.5. The van der Waals surface area contributed by atoms with Gasteiger partial charge in [-0.2, -0.15) is 0 Å². The summed E-state index contributed by atoms with van der Waals surface area (Å²) in [6.07, 6.45) is 1.91. The van der Waals surface area contributed by atoms with E-state index < -0.39 is 0 Å². The van der Waals surface area contributed by atoms with Gasteiger partial charge in [-0.1, -0.05) is 30.3 Å². The Morgan fingerprint density at radius 3 is 2.36 bits per heavy atom. The molecule has 0 heterocycles. The van der Waals surface area contributed by atoms with Crippen LogP contribution in [0.15, 0.2) is 36.9 Å². The zero-order chi connectivity index (χ0) is 10.4. The Bertz CT molecular complexity index is 277. The van der Waals surface area contributed by atoms with E-state index in [0.717, 1.165) is 13.1 Å². The first kappa shape index (κ1) is 11.0. The van der Waals surface area contributed by atoms with Crippen molar-refractivity contribution in [1.82, 2.24) is 4.90 Å². The molecule has 1 rings (SSSR count). The van der Waals surface area contributed by atoms with E-state index in [2.05, 4.69) is 42.8 Å². The molecule has 1 aromatic rings. The molecule has 0 saturated heterocycles. The fourth-order valence-corrected chi connectivity index (χ4v) is 1.38. The standard InChI is InChI=1S/C12H18N2/c1-3-8-14(2)10-12-6-4-11(9-13)5-7-12/h3-7H,1,8-10,13H2,2H3. The summed E-state index contributed by atoms with van der Waals surface area (Å²) in [4.78, 5) is 2.21. The first-order valence-corrected chi connectivity index (χ1v) is 4.83.